The second kappa shape index (κ2) is 4.06. The molecular weight excluding hydrogens is 248 g/mol. The van der Waals surface area contributed by atoms with Gasteiger partial charge in [-0.1, -0.05) is 36.4 Å². The van der Waals surface area contributed by atoms with E-state index < -0.39 is 0 Å². The topological polar surface area (TPSA) is 67.6 Å². The van der Waals surface area contributed by atoms with Crippen LogP contribution >= 0.6 is 0 Å². The quantitative estimate of drug-likeness (QED) is 0.551. The number of rotatable bonds is 1. The van der Waals surface area contributed by atoms with Gasteiger partial charge in [0.2, 0.25) is 0 Å². The molecule has 0 saturated heterocycles. The molecule has 20 heavy (non-hydrogen) atoms. The third-order valence-electron chi connectivity index (χ3n) is 3.41. The molecule has 1 aromatic carbocycles. The lowest BCUT2D eigenvalue weighted by Crippen LogP contribution is -1.88. The van der Waals surface area contributed by atoms with Gasteiger partial charge in [-0.05, 0) is 18.2 Å². The molecule has 1 aromatic heterocycles. The summed E-state index contributed by atoms with van der Waals surface area (Å²) >= 11 is 0. The van der Waals surface area contributed by atoms with E-state index in [0.717, 1.165) is 33.7 Å². The first-order valence-electron chi connectivity index (χ1n) is 6.42. The van der Waals surface area contributed by atoms with Gasteiger partial charge < -0.3 is 10.7 Å². The summed E-state index contributed by atoms with van der Waals surface area (Å²) in [4.78, 5) is 12.3. The van der Waals surface area contributed by atoms with E-state index in [1.165, 1.54) is 0 Å². The highest BCUT2D eigenvalue weighted by atomic mass is 15.0. The summed E-state index contributed by atoms with van der Waals surface area (Å²) in [6.45, 7) is 0. The normalized spacial score (nSPS) is 11.2. The Kier molecular flexibility index (Phi) is 2.23. The number of hydrogen-bond acceptors (Lipinski definition) is 3. The molecule has 0 bridgehead atoms. The fourth-order valence-corrected chi connectivity index (χ4v) is 2.49. The zero-order valence-corrected chi connectivity index (χ0v) is 10.7. The molecule has 4 nitrogen and oxygen atoms in total. The Balaban J connectivity index is 2.01. The van der Waals surface area contributed by atoms with Crippen molar-refractivity contribution in [2.75, 3.05) is 5.73 Å². The first kappa shape index (κ1) is 11.0. The molecule has 2 aromatic rings. The van der Waals surface area contributed by atoms with E-state index in [2.05, 4.69) is 15.0 Å². The number of nitrogens with zero attached hydrogens (tertiary/aromatic N) is 2. The van der Waals surface area contributed by atoms with Gasteiger partial charge in [-0.15, -0.1) is 0 Å². The fourth-order valence-electron chi connectivity index (χ4n) is 2.49. The fraction of sp³-hybridized carbons (Fsp3) is 0. The summed E-state index contributed by atoms with van der Waals surface area (Å²) in [5, 5.41) is 0. The monoisotopic (exact) mass is 260 g/mol. The smallest absolute Gasteiger partial charge is 0.142 e. The summed E-state index contributed by atoms with van der Waals surface area (Å²) in [5.41, 5.74) is 10.8. The first-order valence-corrected chi connectivity index (χ1v) is 6.42. The largest absolute Gasteiger partial charge is 0.383 e. The maximum Gasteiger partial charge on any atom is 0.142 e. The molecule has 0 saturated carbocycles. The van der Waals surface area contributed by atoms with Crippen LogP contribution in [0.3, 0.4) is 0 Å². The first-order chi connectivity index (χ1) is 9.83. The second-order valence-electron chi connectivity index (χ2n) is 4.68. The number of para-hydroxylation sites is 2. The van der Waals surface area contributed by atoms with Crippen molar-refractivity contribution in [2.24, 2.45) is 0 Å². The summed E-state index contributed by atoms with van der Waals surface area (Å²) in [6, 6.07) is 17.8. The van der Waals surface area contributed by atoms with Crippen LogP contribution in [0.1, 0.15) is 0 Å². The standard InChI is InChI=1S/C16H12N4/c17-15-14(10-6-2-1-3-7-11(10)18-15)16-19-12-8-4-5-9-13(12)20-16/h1-9H,(H2,17,18)(H,19,20). The van der Waals surface area contributed by atoms with Crippen molar-refractivity contribution in [3.8, 4) is 22.6 Å². The Morgan fingerprint density at radius 2 is 1.65 bits per heavy atom. The van der Waals surface area contributed by atoms with E-state index in [1.54, 1.807) is 0 Å². The van der Waals surface area contributed by atoms with E-state index >= 15 is 0 Å². The van der Waals surface area contributed by atoms with Crippen LogP contribution in [0.5, 0.6) is 0 Å². The predicted octanol–water partition coefficient (Wildman–Crippen LogP) is 3.31. The number of nitrogens with two attached hydrogens (primary N) is 1. The molecule has 96 valence electrons. The van der Waals surface area contributed by atoms with Gasteiger partial charge in [0.1, 0.15) is 11.6 Å². The Morgan fingerprint density at radius 1 is 0.850 bits per heavy atom. The Bertz CT molecular complexity index is 846. The van der Waals surface area contributed by atoms with Crippen LogP contribution < -0.4 is 5.73 Å². The number of aromatic nitrogens is 3. The molecule has 1 aliphatic carbocycles. The molecule has 3 N–H and O–H groups in total. The van der Waals surface area contributed by atoms with Gasteiger partial charge in [-0.25, -0.2) is 9.97 Å². The highest BCUT2D eigenvalue weighted by molar-refractivity contribution is 5.91. The van der Waals surface area contributed by atoms with E-state index in [9.17, 15) is 0 Å². The minimum Gasteiger partial charge on any atom is -0.383 e. The molecule has 0 unspecified atom stereocenters. The van der Waals surface area contributed by atoms with Gasteiger partial charge in [-0.2, -0.15) is 0 Å². The van der Waals surface area contributed by atoms with Crippen molar-refractivity contribution in [1.82, 2.24) is 15.0 Å². The number of benzene rings is 1. The average molecular weight is 260 g/mol. The van der Waals surface area contributed by atoms with Gasteiger partial charge in [0.15, 0.2) is 0 Å². The van der Waals surface area contributed by atoms with Crippen LogP contribution in [0.15, 0.2) is 54.6 Å². The van der Waals surface area contributed by atoms with E-state index in [-0.39, 0.29) is 0 Å². The predicted molar refractivity (Wildman–Crippen MR) is 80.4 cm³/mol. The third kappa shape index (κ3) is 1.55. The van der Waals surface area contributed by atoms with Gasteiger partial charge >= 0.3 is 0 Å². The molecule has 4 rings (SSSR count). The molecular formula is C16H12N4. The molecule has 0 atom stereocenters. The average Bonchev–Trinajstić information content (AvgIpc) is 2.92. The molecule has 0 fully saturated rings. The second-order valence-corrected chi connectivity index (χ2v) is 4.68. The number of H-pyrrole nitrogens is 1. The molecule has 0 radical (unpaired) electrons. The minimum atomic E-state index is 0.505. The molecule has 0 amide bonds. The van der Waals surface area contributed by atoms with Gasteiger partial charge in [-0.3, -0.25) is 0 Å². The number of nitrogens with one attached hydrogen (secondary N) is 1. The van der Waals surface area contributed by atoms with Gasteiger partial charge in [0.05, 0.1) is 22.3 Å². The summed E-state index contributed by atoms with van der Waals surface area (Å²) < 4.78 is 0. The number of imidazole rings is 1. The van der Waals surface area contributed by atoms with Crippen molar-refractivity contribution in [1.29, 1.82) is 0 Å². The SMILES string of the molecule is Nc1nc2cccccc-2c1-c1nc2ccccc2[nH]1. The van der Waals surface area contributed by atoms with E-state index in [1.807, 2.05) is 54.6 Å². The molecule has 1 aliphatic heterocycles. The van der Waals surface area contributed by atoms with Crippen molar-refractivity contribution in [3.63, 3.8) is 0 Å². The number of anilines is 1. The highest BCUT2D eigenvalue weighted by Gasteiger charge is 2.19. The zero-order valence-electron chi connectivity index (χ0n) is 10.7. The molecule has 2 heterocycles. The van der Waals surface area contributed by atoms with Crippen LogP contribution in [-0.2, 0) is 0 Å². The van der Waals surface area contributed by atoms with E-state index in [4.69, 9.17) is 5.73 Å². The van der Waals surface area contributed by atoms with E-state index in [0.29, 0.717) is 5.82 Å². The van der Waals surface area contributed by atoms with Crippen LogP contribution in [0.2, 0.25) is 0 Å². The molecule has 2 aliphatic rings. The Hall–Kier alpha value is -2.88. The lowest BCUT2D eigenvalue weighted by Gasteiger charge is -1.96. The van der Waals surface area contributed by atoms with Crippen LogP contribution in [0.25, 0.3) is 33.7 Å². The lowest BCUT2D eigenvalue weighted by molar-refractivity contribution is 1.34. The van der Waals surface area contributed by atoms with Crippen molar-refractivity contribution >= 4 is 16.9 Å². The minimum absolute atomic E-state index is 0.505. The summed E-state index contributed by atoms with van der Waals surface area (Å²) in [5.74, 6) is 1.27. The maximum absolute atomic E-state index is 6.08. The summed E-state index contributed by atoms with van der Waals surface area (Å²) in [7, 11) is 0. The lowest BCUT2D eigenvalue weighted by atomic mass is 10.1. The summed E-state index contributed by atoms with van der Waals surface area (Å²) in [6.07, 6.45) is 0. The molecule has 0 spiro atoms. The Labute approximate surface area is 115 Å². The zero-order chi connectivity index (χ0) is 13.5. The van der Waals surface area contributed by atoms with Gasteiger partial charge in [0, 0.05) is 5.56 Å². The maximum atomic E-state index is 6.08. The van der Waals surface area contributed by atoms with Gasteiger partial charge in [0.25, 0.3) is 0 Å². The molecule has 4 heteroatoms. The van der Waals surface area contributed by atoms with Crippen LogP contribution in [-0.4, -0.2) is 15.0 Å². The van der Waals surface area contributed by atoms with Crippen LogP contribution in [0, 0.1) is 0 Å². The number of fused-ring (bicyclic) bond motifs is 2. The highest BCUT2D eigenvalue weighted by Crippen LogP contribution is 2.37. The van der Waals surface area contributed by atoms with Crippen LogP contribution in [0.4, 0.5) is 5.82 Å². The third-order valence-corrected chi connectivity index (χ3v) is 3.41. The number of aromatic amines is 1. The van der Waals surface area contributed by atoms with Crippen molar-refractivity contribution < 1.29 is 0 Å². The number of hydrogen-bond donors (Lipinski definition) is 2. The Morgan fingerprint density at radius 3 is 2.55 bits per heavy atom. The van der Waals surface area contributed by atoms with Crippen molar-refractivity contribution in [2.45, 2.75) is 0 Å². The number of nitrogen functional groups attached to an aromatic ring is 1. The van der Waals surface area contributed by atoms with Crippen molar-refractivity contribution in [3.05, 3.63) is 54.6 Å².